The standard InChI is InChI=1S/C7H11NOS2/c1-3-5-6(9)8(4-2)7(10)11-5/h5H,3-4H2,1-2H3. The number of carbonyl (C=O) groups is 1. The monoisotopic (exact) mass is 189 g/mol. The fourth-order valence-corrected chi connectivity index (χ4v) is 2.59. The van der Waals surface area contributed by atoms with E-state index in [2.05, 4.69) is 0 Å². The van der Waals surface area contributed by atoms with Crippen molar-refractivity contribution in [2.45, 2.75) is 25.5 Å². The summed E-state index contributed by atoms with van der Waals surface area (Å²) in [6, 6.07) is 0. The number of rotatable bonds is 2. The van der Waals surface area contributed by atoms with Crippen LogP contribution in [0.15, 0.2) is 0 Å². The number of hydrogen-bond donors (Lipinski definition) is 0. The Hall–Kier alpha value is -0.0900. The van der Waals surface area contributed by atoms with Crippen LogP contribution in [0.4, 0.5) is 0 Å². The van der Waals surface area contributed by atoms with E-state index in [1.807, 2.05) is 13.8 Å². The minimum absolute atomic E-state index is 0.0856. The molecular weight excluding hydrogens is 178 g/mol. The van der Waals surface area contributed by atoms with E-state index in [1.54, 1.807) is 4.90 Å². The molecule has 1 rings (SSSR count). The second kappa shape index (κ2) is 3.54. The maximum atomic E-state index is 11.4. The van der Waals surface area contributed by atoms with Gasteiger partial charge in [0.15, 0.2) is 0 Å². The van der Waals surface area contributed by atoms with Gasteiger partial charge >= 0.3 is 0 Å². The van der Waals surface area contributed by atoms with Crippen molar-refractivity contribution in [1.29, 1.82) is 0 Å². The number of thioether (sulfide) groups is 1. The fraction of sp³-hybridized carbons (Fsp3) is 0.714. The Kier molecular flexibility index (Phi) is 2.90. The Labute approximate surface area is 76.3 Å². The molecule has 1 aliphatic heterocycles. The average molecular weight is 189 g/mol. The topological polar surface area (TPSA) is 20.3 Å². The van der Waals surface area contributed by atoms with Crippen LogP contribution in [0.3, 0.4) is 0 Å². The first-order chi connectivity index (χ1) is 5.20. The van der Waals surface area contributed by atoms with Gasteiger partial charge in [-0.1, -0.05) is 30.9 Å². The van der Waals surface area contributed by atoms with Crippen LogP contribution in [0, 0.1) is 0 Å². The molecule has 1 fully saturated rings. The molecule has 0 aliphatic carbocycles. The summed E-state index contributed by atoms with van der Waals surface area (Å²) in [7, 11) is 0. The first-order valence-corrected chi connectivity index (χ1v) is 5.01. The number of carbonyl (C=O) groups excluding carboxylic acids is 1. The number of hydrogen-bond acceptors (Lipinski definition) is 3. The Morgan fingerprint density at radius 3 is 2.55 bits per heavy atom. The summed E-state index contributed by atoms with van der Waals surface area (Å²) < 4.78 is 0.740. The lowest BCUT2D eigenvalue weighted by Crippen LogP contribution is -2.30. The second-order valence-electron chi connectivity index (χ2n) is 2.36. The molecule has 4 heteroatoms. The Balaban J connectivity index is 2.71. The summed E-state index contributed by atoms with van der Waals surface area (Å²) in [5.74, 6) is 0.185. The Bertz CT molecular complexity index is 193. The van der Waals surface area contributed by atoms with Crippen LogP contribution in [0.25, 0.3) is 0 Å². The quantitative estimate of drug-likeness (QED) is 0.616. The van der Waals surface area contributed by atoms with Crippen molar-refractivity contribution in [1.82, 2.24) is 4.90 Å². The zero-order chi connectivity index (χ0) is 8.43. The zero-order valence-corrected chi connectivity index (χ0v) is 8.30. The smallest absolute Gasteiger partial charge is 0.241 e. The maximum Gasteiger partial charge on any atom is 0.241 e. The summed E-state index contributed by atoms with van der Waals surface area (Å²) in [5, 5.41) is 0.0856. The van der Waals surface area contributed by atoms with Crippen molar-refractivity contribution >= 4 is 34.2 Å². The van der Waals surface area contributed by atoms with Crippen LogP contribution in [-0.4, -0.2) is 26.9 Å². The Morgan fingerprint density at radius 1 is 1.64 bits per heavy atom. The Morgan fingerprint density at radius 2 is 2.27 bits per heavy atom. The molecule has 0 aromatic rings. The maximum absolute atomic E-state index is 11.4. The molecule has 11 heavy (non-hydrogen) atoms. The van der Waals surface area contributed by atoms with Gasteiger partial charge in [0.05, 0.1) is 5.25 Å². The van der Waals surface area contributed by atoms with Gasteiger partial charge in [0.2, 0.25) is 5.91 Å². The lowest BCUT2D eigenvalue weighted by Gasteiger charge is -2.10. The van der Waals surface area contributed by atoms with Crippen molar-refractivity contribution in [2.24, 2.45) is 0 Å². The second-order valence-corrected chi connectivity index (χ2v) is 4.20. The highest BCUT2D eigenvalue weighted by Gasteiger charge is 2.34. The molecule has 0 bridgehead atoms. The van der Waals surface area contributed by atoms with E-state index in [4.69, 9.17) is 12.2 Å². The molecule has 0 aromatic carbocycles. The lowest BCUT2D eigenvalue weighted by atomic mass is 10.3. The highest BCUT2D eigenvalue weighted by Crippen LogP contribution is 2.28. The minimum Gasteiger partial charge on any atom is -0.297 e. The number of thiocarbonyl (C=S) groups is 1. The van der Waals surface area contributed by atoms with Gasteiger partial charge in [-0.25, -0.2) is 0 Å². The molecule has 1 saturated heterocycles. The van der Waals surface area contributed by atoms with Gasteiger partial charge in [-0.2, -0.15) is 0 Å². The van der Waals surface area contributed by atoms with E-state index in [0.717, 1.165) is 10.7 Å². The first kappa shape index (κ1) is 9.00. The van der Waals surface area contributed by atoms with Crippen LogP contribution < -0.4 is 0 Å². The molecule has 1 amide bonds. The molecular formula is C7H11NOS2. The molecule has 1 heterocycles. The number of nitrogens with zero attached hydrogens (tertiary/aromatic N) is 1. The molecule has 1 unspecified atom stereocenters. The van der Waals surface area contributed by atoms with E-state index in [9.17, 15) is 4.79 Å². The van der Waals surface area contributed by atoms with Crippen LogP contribution in [0.5, 0.6) is 0 Å². The van der Waals surface area contributed by atoms with Crippen molar-refractivity contribution in [2.75, 3.05) is 6.54 Å². The largest absolute Gasteiger partial charge is 0.297 e. The van der Waals surface area contributed by atoms with Crippen LogP contribution >= 0.6 is 24.0 Å². The predicted octanol–water partition coefficient (Wildman–Crippen LogP) is 1.65. The van der Waals surface area contributed by atoms with Gasteiger partial charge in [0, 0.05) is 6.54 Å². The summed E-state index contributed by atoms with van der Waals surface area (Å²) >= 11 is 6.54. The molecule has 1 atom stereocenters. The summed E-state index contributed by atoms with van der Waals surface area (Å²) in [6.45, 7) is 4.67. The fourth-order valence-electron chi connectivity index (χ4n) is 1.04. The highest BCUT2D eigenvalue weighted by molar-refractivity contribution is 8.24. The predicted molar refractivity (Wildman–Crippen MR) is 51.7 cm³/mol. The van der Waals surface area contributed by atoms with Crippen molar-refractivity contribution in [3.05, 3.63) is 0 Å². The normalized spacial score (nSPS) is 24.9. The van der Waals surface area contributed by atoms with Gasteiger partial charge in [-0.15, -0.1) is 0 Å². The zero-order valence-electron chi connectivity index (χ0n) is 6.66. The van der Waals surface area contributed by atoms with Crippen molar-refractivity contribution in [3.8, 4) is 0 Å². The van der Waals surface area contributed by atoms with E-state index < -0.39 is 0 Å². The first-order valence-electron chi connectivity index (χ1n) is 3.72. The van der Waals surface area contributed by atoms with Crippen LogP contribution in [0.2, 0.25) is 0 Å². The van der Waals surface area contributed by atoms with Gasteiger partial charge in [0.25, 0.3) is 0 Å². The summed E-state index contributed by atoms with van der Waals surface area (Å²) in [5.41, 5.74) is 0. The summed E-state index contributed by atoms with van der Waals surface area (Å²) in [6.07, 6.45) is 0.875. The molecule has 0 spiro atoms. The van der Waals surface area contributed by atoms with Crippen molar-refractivity contribution < 1.29 is 4.79 Å². The van der Waals surface area contributed by atoms with Crippen LogP contribution in [0.1, 0.15) is 20.3 Å². The SMILES string of the molecule is CCC1SC(=S)N(CC)C1=O. The molecule has 2 nitrogen and oxygen atoms in total. The lowest BCUT2D eigenvalue weighted by molar-refractivity contribution is -0.125. The molecule has 0 N–H and O–H groups in total. The van der Waals surface area contributed by atoms with Crippen molar-refractivity contribution in [3.63, 3.8) is 0 Å². The van der Waals surface area contributed by atoms with Gasteiger partial charge in [-0.3, -0.25) is 9.69 Å². The molecule has 0 radical (unpaired) electrons. The van der Waals surface area contributed by atoms with E-state index >= 15 is 0 Å². The minimum atomic E-state index is 0.0856. The molecule has 62 valence electrons. The van der Waals surface area contributed by atoms with E-state index in [-0.39, 0.29) is 11.2 Å². The number of amides is 1. The third-order valence-electron chi connectivity index (χ3n) is 1.69. The van der Waals surface area contributed by atoms with Gasteiger partial charge < -0.3 is 0 Å². The third kappa shape index (κ3) is 1.56. The summed E-state index contributed by atoms with van der Waals surface area (Å²) in [4.78, 5) is 13.1. The van der Waals surface area contributed by atoms with Crippen LogP contribution in [-0.2, 0) is 4.79 Å². The highest BCUT2D eigenvalue weighted by atomic mass is 32.2. The third-order valence-corrected chi connectivity index (χ3v) is 3.44. The molecule has 0 aromatic heterocycles. The van der Waals surface area contributed by atoms with Gasteiger partial charge in [-0.05, 0) is 13.3 Å². The average Bonchev–Trinajstić information content (AvgIpc) is 2.26. The van der Waals surface area contributed by atoms with E-state index in [0.29, 0.717) is 6.54 Å². The van der Waals surface area contributed by atoms with Gasteiger partial charge in [0.1, 0.15) is 4.32 Å². The van der Waals surface area contributed by atoms with E-state index in [1.165, 1.54) is 11.8 Å². The molecule has 0 saturated carbocycles. The molecule has 1 aliphatic rings.